The fourth-order valence-corrected chi connectivity index (χ4v) is 3.90. The number of amides is 2. The highest BCUT2D eigenvalue weighted by Crippen LogP contribution is 2.25. The zero-order valence-electron chi connectivity index (χ0n) is 21.6. The summed E-state index contributed by atoms with van der Waals surface area (Å²) in [6, 6.07) is 14.7. The zero-order chi connectivity index (χ0) is 26.1. The molecule has 0 bridgehead atoms. The van der Waals surface area contributed by atoms with Gasteiger partial charge in [-0.2, -0.15) is 0 Å². The minimum atomic E-state index is -0.632. The van der Waals surface area contributed by atoms with Crippen molar-refractivity contribution >= 4 is 17.7 Å². The van der Waals surface area contributed by atoms with E-state index in [9.17, 15) is 9.59 Å². The monoisotopic (exact) mass is 499 g/mol. The Morgan fingerprint density at radius 3 is 2.47 bits per heavy atom. The molecule has 1 unspecified atom stereocenters. The summed E-state index contributed by atoms with van der Waals surface area (Å²) >= 11 is 0. The summed E-state index contributed by atoms with van der Waals surface area (Å²) in [6.45, 7) is 7.40. The van der Waals surface area contributed by atoms with Crippen LogP contribution in [0.5, 0.6) is 11.5 Å². The normalized spacial score (nSPS) is 16.1. The lowest BCUT2D eigenvalue weighted by atomic mass is 10.1. The van der Waals surface area contributed by atoms with Crippen LogP contribution < -0.4 is 20.1 Å². The Labute approximate surface area is 213 Å². The number of carbonyl (C=O) groups is 2. The predicted molar refractivity (Wildman–Crippen MR) is 137 cm³/mol. The second-order valence-corrected chi connectivity index (χ2v) is 9.57. The van der Waals surface area contributed by atoms with E-state index in [1.807, 2.05) is 48.5 Å². The van der Waals surface area contributed by atoms with E-state index in [1.165, 1.54) is 4.90 Å². The number of carbonyl (C=O) groups excluding carboxylic acids is 2. The first-order valence-electron chi connectivity index (χ1n) is 12.1. The van der Waals surface area contributed by atoms with Crippen molar-refractivity contribution in [1.29, 1.82) is 0 Å². The molecular weight excluding hydrogens is 462 g/mol. The number of piperazine rings is 1. The second kappa shape index (κ2) is 12.6. The number of benzene rings is 2. The molecule has 0 aliphatic carbocycles. The quantitative estimate of drug-likeness (QED) is 0.498. The molecule has 1 atom stereocenters. The molecule has 2 amide bonds. The third kappa shape index (κ3) is 7.60. The average Bonchev–Trinajstić information content (AvgIpc) is 2.85. The van der Waals surface area contributed by atoms with E-state index in [0.717, 1.165) is 17.7 Å². The zero-order valence-corrected chi connectivity index (χ0v) is 21.6. The Kier molecular flexibility index (Phi) is 9.55. The van der Waals surface area contributed by atoms with Gasteiger partial charge in [0.2, 0.25) is 5.91 Å². The van der Waals surface area contributed by atoms with E-state index in [2.05, 4.69) is 0 Å². The first kappa shape index (κ1) is 27.3. The molecule has 1 aliphatic rings. The SMILES string of the molecule is COc1ccccc1COCCCOc1ccc(N2C(=O)CN(C(=O)OC(C)(C)C)CC2CN)cc1. The van der Waals surface area contributed by atoms with Crippen molar-refractivity contribution in [1.82, 2.24) is 4.90 Å². The maximum Gasteiger partial charge on any atom is 0.410 e. The number of nitrogens with zero attached hydrogens (tertiary/aromatic N) is 2. The van der Waals surface area contributed by atoms with Gasteiger partial charge in [-0.3, -0.25) is 9.69 Å². The molecule has 36 heavy (non-hydrogen) atoms. The van der Waals surface area contributed by atoms with Crippen molar-refractivity contribution in [3.05, 3.63) is 54.1 Å². The molecule has 1 aliphatic heterocycles. The summed E-state index contributed by atoms with van der Waals surface area (Å²) in [5.74, 6) is 1.31. The first-order valence-corrected chi connectivity index (χ1v) is 12.1. The summed E-state index contributed by atoms with van der Waals surface area (Å²) < 4.78 is 22.3. The standard InChI is InChI=1S/C27H37N3O6/c1-27(2,3)36-26(32)29-17-22(16-28)30(25(31)18-29)21-10-12-23(13-11-21)35-15-7-14-34-19-20-8-5-6-9-24(20)33-4/h5-6,8-13,22H,7,14-19,28H2,1-4H3. The smallest absolute Gasteiger partial charge is 0.410 e. The summed E-state index contributed by atoms with van der Waals surface area (Å²) in [4.78, 5) is 28.4. The van der Waals surface area contributed by atoms with Gasteiger partial charge in [-0.05, 0) is 51.1 Å². The number of methoxy groups -OCH3 is 1. The molecule has 9 nitrogen and oxygen atoms in total. The number of ether oxygens (including phenoxy) is 4. The Balaban J connectivity index is 1.46. The fourth-order valence-electron chi connectivity index (χ4n) is 3.90. The highest BCUT2D eigenvalue weighted by atomic mass is 16.6. The molecule has 0 saturated carbocycles. The van der Waals surface area contributed by atoms with Gasteiger partial charge in [0.05, 0.1) is 33.0 Å². The molecule has 1 heterocycles. The van der Waals surface area contributed by atoms with Crippen molar-refractivity contribution < 1.29 is 28.5 Å². The molecule has 2 aromatic carbocycles. The van der Waals surface area contributed by atoms with E-state index in [4.69, 9.17) is 24.7 Å². The largest absolute Gasteiger partial charge is 0.496 e. The minimum Gasteiger partial charge on any atom is -0.496 e. The highest BCUT2D eigenvalue weighted by molar-refractivity contribution is 5.98. The van der Waals surface area contributed by atoms with Gasteiger partial charge in [-0.25, -0.2) is 4.79 Å². The van der Waals surface area contributed by atoms with Crippen molar-refractivity contribution in [2.45, 2.75) is 45.4 Å². The van der Waals surface area contributed by atoms with Crippen LogP contribution in [-0.2, 0) is 20.9 Å². The number of hydrogen-bond acceptors (Lipinski definition) is 7. The lowest BCUT2D eigenvalue weighted by Crippen LogP contribution is -2.60. The van der Waals surface area contributed by atoms with Crippen LogP contribution in [0.2, 0.25) is 0 Å². The maximum absolute atomic E-state index is 12.9. The third-order valence-electron chi connectivity index (χ3n) is 5.58. The van der Waals surface area contributed by atoms with E-state index >= 15 is 0 Å². The molecule has 3 rings (SSSR count). The fraction of sp³-hybridized carbons (Fsp3) is 0.481. The molecule has 0 aromatic heterocycles. The first-order chi connectivity index (χ1) is 17.2. The van der Waals surface area contributed by atoms with E-state index in [0.29, 0.717) is 37.8 Å². The molecule has 2 aromatic rings. The van der Waals surface area contributed by atoms with Crippen LogP contribution in [0.25, 0.3) is 0 Å². The van der Waals surface area contributed by atoms with Gasteiger partial charge in [0.15, 0.2) is 0 Å². The number of hydrogen-bond donors (Lipinski definition) is 1. The number of nitrogens with two attached hydrogens (primary N) is 1. The van der Waals surface area contributed by atoms with Crippen LogP contribution in [-0.4, -0.2) is 68.5 Å². The Morgan fingerprint density at radius 1 is 1.08 bits per heavy atom. The lowest BCUT2D eigenvalue weighted by molar-refractivity contribution is -0.122. The molecule has 9 heteroatoms. The van der Waals surface area contributed by atoms with Gasteiger partial charge in [0.25, 0.3) is 0 Å². The van der Waals surface area contributed by atoms with Crippen molar-refractivity contribution in [2.75, 3.05) is 44.9 Å². The summed E-state index contributed by atoms with van der Waals surface area (Å²) in [7, 11) is 1.65. The number of rotatable bonds is 10. The number of anilines is 1. The predicted octanol–water partition coefficient (Wildman–Crippen LogP) is 3.59. The average molecular weight is 500 g/mol. The maximum atomic E-state index is 12.9. The van der Waals surface area contributed by atoms with Crippen LogP contribution in [0.1, 0.15) is 32.8 Å². The van der Waals surface area contributed by atoms with Gasteiger partial charge in [-0.1, -0.05) is 18.2 Å². The molecule has 1 saturated heterocycles. The summed E-state index contributed by atoms with van der Waals surface area (Å²) in [6.07, 6.45) is 0.224. The van der Waals surface area contributed by atoms with Crippen LogP contribution in [0.3, 0.4) is 0 Å². The van der Waals surface area contributed by atoms with E-state index in [1.54, 1.807) is 32.8 Å². The second-order valence-electron chi connectivity index (χ2n) is 9.57. The Bertz CT molecular complexity index is 1010. The summed E-state index contributed by atoms with van der Waals surface area (Å²) in [5, 5.41) is 0. The van der Waals surface area contributed by atoms with E-state index < -0.39 is 11.7 Å². The molecule has 196 valence electrons. The van der Waals surface area contributed by atoms with Crippen LogP contribution in [0.4, 0.5) is 10.5 Å². The van der Waals surface area contributed by atoms with Crippen molar-refractivity contribution in [3.8, 4) is 11.5 Å². The highest BCUT2D eigenvalue weighted by Gasteiger charge is 2.36. The Morgan fingerprint density at radius 2 is 1.81 bits per heavy atom. The van der Waals surface area contributed by atoms with Gasteiger partial charge < -0.3 is 29.6 Å². The van der Waals surface area contributed by atoms with Crippen molar-refractivity contribution in [3.63, 3.8) is 0 Å². The minimum absolute atomic E-state index is 0.0570. The van der Waals surface area contributed by atoms with Gasteiger partial charge >= 0.3 is 6.09 Å². The molecule has 1 fully saturated rings. The van der Waals surface area contributed by atoms with Crippen LogP contribution in [0.15, 0.2) is 48.5 Å². The Hall–Kier alpha value is -3.30. The number of para-hydroxylation sites is 1. The molecular formula is C27H37N3O6. The van der Waals surface area contributed by atoms with Crippen LogP contribution >= 0.6 is 0 Å². The third-order valence-corrected chi connectivity index (χ3v) is 5.58. The molecule has 0 spiro atoms. The molecule has 0 radical (unpaired) electrons. The molecule has 2 N–H and O–H groups in total. The van der Waals surface area contributed by atoms with Crippen molar-refractivity contribution in [2.24, 2.45) is 5.73 Å². The van der Waals surface area contributed by atoms with Crippen LogP contribution in [0, 0.1) is 0 Å². The topological polar surface area (TPSA) is 104 Å². The van der Waals surface area contributed by atoms with E-state index in [-0.39, 0.29) is 25.0 Å². The lowest BCUT2D eigenvalue weighted by Gasteiger charge is -2.40. The van der Waals surface area contributed by atoms with Gasteiger partial charge in [0, 0.05) is 30.8 Å². The van der Waals surface area contributed by atoms with Gasteiger partial charge in [-0.15, -0.1) is 0 Å². The summed E-state index contributed by atoms with van der Waals surface area (Å²) in [5.41, 5.74) is 7.05. The van der Waals surface area contributed by atoms with Gasteiger partial charge in [0.1, 0.15) is 23.6 Å².